The zero-order valence-corrected chi connectivity index (χ0v) is 6.76. The lowest BCUT2D eigenvalue weighted by Crippen LogP contribution is -2.35. The van der Waals surface area contributed by atoms with Gasteiger partial charge in [-0.05, 0) is 0 Å². The maximum atomic E-state index is 10.1. The summed E-state index contributed by atoms with van der Waals surface area (Å²) in [6.07, 6.45) is 0. The molecule has 66 valence electrons. The Morgan fingerprint density at radius 3 is 2.36 bits per heavy atom. The van der Waals surface area contributed by atoms with Crippen molar-refractivity contribution < 1.29 is 19.4 Å². The van der Waals surface area contributed by atoms with Gasteiger partial charge in [0.15, 0.2) is 0 Å². The van der Waals surface area contributed by atoms with Crippen LogP contribution in [0.15, 0.2) is 0 Å². The van der Waals surface area contributed by atoms with Crippen LogP contribution >= 0.6 is 12.4 Å². The van der Waals surface area contributed by atoms with Crippen LogP contribution in [0.2, 0.25) is 0 Å². The summed E-state index contributed by atoms with van der Waals surface area (Å²) in [5.41, 5.74) is 4.99. The van der Waals surface area contributed by atoms with E-state index in [1.54, 1.807) is 0 Å². The Hall–Kier alpha value is -0.810. The summed E-state index contributed by atoms with van der Waals surface area (Å²) in [6.45, 7) is 0.916. The lowest BCUT2D eigenvalue weighted by Gasteiger charge is -2.04. The van der Waals surface area contributed by atoms with Crippen molar-refractivity contribution in [1.29, 1.82) is 0 Å². The van der Waals surface area contributed by atoms with Gasteiger partial charge >= 0.3 is 11.9 Å². The van der Waals surface area contributed by atoms with Gasteiger partial charge in [0.2, 0.25) is 0 Å². The number of rotatable bonds is 3. The monoisotopic (exact) mass is 183 g/mol. The van der Waals surface area contributed by atoms with Crippen LogP contribution in [0.5, 0.6) is 0 Å². The molecule has 0 fully saturated rings. The van der Waals surface area contributed by atoms with Crippen LogP contribution in [-0.4, -0.2) is 29.7 Å². The van der Waals surface area contributed by atoms with Gasteiger partial charge in [0.25, 0.3) is 0 Å². The van der Waals surface area contributed by atoms with Gasteiger partial charge < -0.3 is 15.6 Å². The number of carboxylic acids is 1. The molecule has 0 rings (SSSR count). The summed E-state index contributed by atoms with van der Waals surface area (Å²) in [6, 6.07) is -1.12. The molecule has 0 aromatic carbocycles. The standard InChI is InChI=1S/C5H9NO4.ClH/c1-3(7)10-2-4(6)5(8)9;/h4H,2,6H2,1H3,(H,8,9);1H/t4-;/m1./s1. The van der Waals surface area contributed by atoms with Crippen LogP contribution in [0.25, 0.3) is 0 Å². The van der Waals surface area contributed by atoms with E-state index in [1.165, 1.54) is 6.92 Å². The Morgan fingerprint density at radius 1 is 1.64 bits per heavy atom. The molecule has 0 radical (unpaired) electrons. The number of carbonyl (C=O) groups excluding carboxylic acids is 1. The Kier molecular flexibility index (Phi) is 6.92. The SMILES string of the molecule is CC(=O)OC[C@@H](N)C(=O)O.Cl. The highest BCUT2D eigenvalue weighted by molar-refractivity contribution is 5.85. The summed E-state index contributed by atoms with van der Waals surface area (Å²) >= 11 is 0. The fourth-order valence-electron chi connectivity index (χ4n) is 0.278. The van der Waals surface area contributed by atoms with E-state index in [1.807, 2.05) is 0 Å². The zero-order chi connectivity index (χ0) is 8.15. The maximum Gasteiger partial charge on any atom is 0.324 e. The molecular formula is C5H10ClNO4. The predicted octanol–water partition coefficient (Wildman–Crippen LogP) is -0.617. The molecule has 0 aliphatic rings. The van der Waals surface area contributed by atoms with E-state index in [4.69, 9.17) is 10.8 Å². The fraction of sp³-hybridized carbons (Fsp3) is 0.600. The molecule has 6 heteroatoms. The predicted molar refractivity (Wildman–Crippen MR) is 39.5 cm³/mol. The third kappa shape index (κ3) is 7.08. The van der Waals surface area contributed by atoms with Gasteiger partial charge in [-0.15, -0.1) is 12.4 Å². The molecule has 0 heterocycles. The van der Waals surface area contributed by atoms with E-state index in [0.717, 1.165) is 0 Å². The van der Waals surface area contributed by atoms with Gasteiger partial charge in [-0.2, -0.15) is 0 Å². The summed E-state index contributed by atoms with van der Waals surface area (Å²) in [5, 5.41) is 8.18. The number of hydrogen-bond acceptors (Lipinski definition) is 4. The average molecular weight is 184 g/mol. The minimum Gasteiger partial charge on any atom is -0.480 e. The van der Waals surface area contributed by atoms with E-state index in [9.17, 15) is 9.59 Å². The zero-order valence-electron chi connectivity index (χ0n) is 5.94. The molecule has 3 N–H and O–H groups in total. The van der Waals surface area contributed by atoms with E-state index in [0.29, 0.717) is 0 Å². The van der Waals surface area contributed by atoms with Gasteiger partial charge in [-0.25, -0.2) is 0 Å². The van der Waals surface area contributed by atoms with E-state index < -0.39 is 18.0 Å². The van der Waals surface area contributed by atoms with Crippen molar-refractivity contribution in [3.05, 3.63) is 0 Å². The number of nitrogens with two attached hydrogens (primary N) is 1. The molecule has 0 amide bonds. The lowest BCUT2D eigenvalue weighted by atomic mass is 10.3. The van der Waals surface area contributed by atoms with Gasteiger partial charge in [0.1, 0.15) is 12.6 Å². The molecule has 0 spiro atoms. The van der Waals surface area contributed by atoms with Crippen molar-refractivity contribution in [2.45, 2.75) is 13.0 Å². The lowest BCUT2D eigenvalue weighted by molar-refractivity contribution is -0.146. The van der Waals surface area contributed by atoms with Crippen molar-refractivity contribution in [2.75, 3.05) is 6.61 Å². The Labute approximate surface area is 69.9 Å². The third-order valence-electron chi connectivity index (χ3n) is 0.783. The number of carboxylic acid groups (broad SMARTS) is 1. The van der Waals surface area contributed by atoms with Crippen LogP contribution in [0.3, 0.4) is 0 Å². The average Bonchev–Trinajstić information content (AvgIpc) is 1.82. The molecule has 0 aliphatic heterocycles. The Morgan fingerprint density at radius 2 is 2.09 bits per heavy atom. The minimum atomic E-state index is -1.18. The number of aliphatic carboxylic acids is 1. The van der Waals surface area contributed by atoms with Crippen molar-refractivity contribution >= 4 is 24.3 Å². The fourth-order valence-corrected chi connectivity index (χ4v) is 0.278. The number of hydrogen-bond donors (Lipinski definition) is 2. The first-order valence-corrected chi connectivity index (χ1v) is 2.65. The van der Waals surface area contributed by atoms with Crippen molar-refractivity contribution in [2.24, 2.45) is 5.73 Å². The highest BCUT2D eigenvalue weighted by Gasteiger charge is 2.11. The molecule has 1 atom stereocenters. The molecule has 0 saturated carbocycles. The van der Waals surface area contributed by atoms with Crippen LogP contribution in [-0.2, 0) is 14.3 Å². The van der Waals surface area contributed by atoms with Gasteiger partial charge in [-0.1, -0.05) is 0 Å². The molecule has 0 saturated heterocycles. The second-order valence-corrected chi connectivity index (χ2v) is 1.75. The smallest absolute Gasteiger partial charge is 0.324 e. The first kappa shape index (κ1) is 12.8. The highest BCUT2D eigenvalue weighted by atomic mass is 35.5. The Bertz CT molecular complexity index is 149. The maximum absolute atomic E-state index is 10.1. The minimum absolute atomic E-state index is 0. The number of ether oxygens (including phenoxy) is 1. The van der Waals surface area contributed by atoms with E-state index in [-0.39, 0.29) is 19.0 Å². The van der Waals surface area contributed by atoms with Crippen molar-refractivity contribution in [3.63, 3.8) is 0 Å². The largest absolute Gasteiger partial charge is 0.480 e. The van der Waals surface area contributed by atoms with Crippen molar-refractivity contribution in [1.82, 2.24) is 0 Å². The van der Waals surface area contributed by atoms with E-state index in [2.05, 4.69) is 4.74 Å². The summed E-state index contributed by atoms with van der Waals surface area (Å²) < 4.78 is 4.32. The van der Waals surface area contributed by atoms with Crippen LogP contribution in [0, 0.1) is 0 Å². The molecule has 0 unspecified atom stereocenters. The molecule has 0 aliphatic carbocycles. The first-order chi connectivity index (χ1) is 4.54. The van der Waals surface area contributed by atoms with Gasteiger partial charge in [0.05, 0.1) is 0 Å². The summed E-state index contributed by atoms with van der Waals surface area (Å²) in [7, 11) is 0. The second-order valence-electron chi connectivity index (χ2n) is 1.75. The van der Waals surface area contributed by atoms with Crippen LogP contribution in [0.1, 0.15) is 6.92 Å². The molecular weight excluding hydrogens is 174 g/mol. The topological polar surface area (TPSA) is 89.6 Å². The van der Waals surface area contributed by atoms with Crippen LogP contribution in [0.4, 0.5) is 0 Å². The van der Waals surface area contributed by atoms with E-state index >= 15 is 0 Å². The number of carbonyl (C=O) groups is 2. The molecule has 5 nitrogen and oxygen atoms in total. The van der Waals surface area contributed by atoms with Gasteiger partial charge in [0, 0.05) is 6.92 Å². The highest BCUT2D eigenvalue weighted by Crippen LogP contribution is 1.82. The molecule has 0 aromatic rings. The van der Waals surface area contributed by atoms with Gasteiger partial charge in [-0.3, -0.25) is 9.59 Å². The van der Waals surface area contributed by atoms with Crippen LogP contribution < -0.4 is 5.73 Å². The molecule has 0 bridgehead atoms. The quantitative estimate of drug-likeness (QED) is 0.570. The molecule has 11 heavy (non-hydrogen) atoms. The first-order valence-electron chi connectivity index (χ1n) is 2.65. The molecule has 0 aromatic heterocycles. The summed E-state index contributed by atoms with van der Waals surface area (Å²) in [4.78, 5) is 20.1. The normalized spacial score (nSPS) is 11.1. The third-order valence-corrected chi connectivity index (χ3v) is 0.783. The number of esters is 1. The van der Waals surface area contributed by atoms with Crippen molar-refractivity contribution in [3.8, 4) is 0 Å². The number of halogens is 1. The summed E-state index contributed by atoms with van der Waals surface area (Å²) in [5.74, 6) is -1.71. The second kappa shape index (κ2) is 5.94. The Balaban J connectivity index is 0.